The molecule has 1 fully saturated rings. The van der Waals surface area contributed by atoms with Crippen molar-refractivity contribution < 1.29 is 5.11 Å². The Labute approximate surface area is 100 Å². The van der Waals surface area contributed by atoms with Crippen molar-refractivity contribution in [3.63, 3.8) is 0 Å². The van der Waals surface area contributed by atoms with Gasteiger partial charge in [0, 0.05) is 11.9 Å². The smallest absolute Gasteiger partial charge is 0.143 e. The van der Waals surface area contributed by atoms with Gasteiger partial charge in [-0.3, -0.25) is 0 Å². The van der Waals surface area contributed by atoms with E-state index in [4.69, 9.17) is 0 Å². The second-order valence-electron chi connectivity index (χ2n) is 4.49. The third kappa shape index (κ3) is 2.36. The molecule has 1 saturated heterocycles. The fraction of sp³-hybridized carbons (Fsp3) is 0.727. The predicted molar refractivity (Wildman–Crippen MR) is 66.7 cm³/mol. The van der Waals surface area contributed by atoms with Gasteiger partial charge in [0.25, 0.3) is 0 Å². The summed E-state index contributed by atoms with van der Waals surface area (Å²) in [6, 6.07) is 0.131. The molecule has 0 radical (unpaired) electrons. The van der Waals surface area contributed by atoms with Crippen molar-refractivity contribution in [3.8, 4) is 0 Å². The van der Waals surface area contributed by atoms with E-state index >= 15 is 0 Å². The van der Waals surface area contributed by atoms with Gasteiger partial charge >= 0.3 is 0 Å². The van der Waals surface area contributed by atoms with E-state index in [2.05, 4.69) is 17.2 Å². The Balaban J connectivity index is 2.19. The van der Waals surface area contributed by atoms with Crippen LogP contribution < -0.4 is 10.2 Å². The van der Waals surface area contributed by atoms with Gasteiger partial charge < -0.3 is 15.3 Å². The summed E-state index contributed by atoms with van der Waals surface area (Å²) in [5.41, 5.74) is 1.81. The average molecular weight is 241 g/mol. The number of hydrogen-bond acceptors (Lipinski definition) is 5. The van der Waals surface area contributed by atoms with Gasteiger partial charge in [-0.15, -0.1) is 11.3 Å². The highest BCUT2D eigenvalue weighted by Crippen LogP contribution is 2.25. The van der Waals surface area contributed by atoms with Crippen molar-refractivity contribution in [2.24, 2.45) is 5.92 Å². The van der Waals surface area contributed by atoms with Gasteiger partial charge in [0.2, 0.25) is 0 Å². The molecule has 0 amide bonds. The molecule has 0 spiro atoms. The first kappa shape index (κ1) is 11.8. The number of thiazole rings is 1. The molecule has 1 aliphatic heterocycles. The highest BCUT2D eigenvalue weighted by Gasteiger charge is 2.30. The number of nitrogens with zero attached hydrogens (tertiary/aromatic N) is 2. The second-order valence-corrected chi connectivity index (χ2v) is 5.21. The summed E-state index contributed by atoms with van der Waals surface area (Å²) in [5, 5.41) is 15.5. The molecule has 0 saturated carbocycles. The zero-order chi connectivity index (χ0) is 11.5. The van der Waals surface area contributed by atoms with Crippen LogP contribution in [0.4, 0.5) is 5.82 Å². The molecule has 1 aromatic rings. The van der Waals surface area contributed by atoms with Crippen molar-refractivity contribution >= 4 is 17.2 Å². The number of hydrogen-bond donors (Lipinski definition) is 2. The van der Waals surface area contributed by atoms with E-state index in [-0.39, 0.29) is 6.04 Å². The van der Waals surface area contributed by atoms with Gasteiger partial charge in [0.1, 0.15) is 12.0 Å². The zero-order valence-corrected chi connectivity index (χ0v) is 10.6. The van der Waals surface area contributed by atoms with E-state index in [1.807, 2.05) is 22.8 Å². The number of aromatic nitrogens is 1. The summed E-state index contributed by atoms with van der Waals surface area (Å²) in [6.07, 6.45) is 1.68. The Kier molecular flexibility index (Phi) is 3.78. The number of aliphatic hydroxyl groups excluding tert-OH is 1. The maximum absolute atomic E-state index is 10.3. The minimum atomic E-state index is -0.475. The molecule has 5 heteroatoms. The molecule has 16 heavy (non-hydrogen) atoms. The van der Waals surface area contributed by atoms with Crippen LogP contribution in [0.1, 0.15) is 19.8 Å². The van der Waals surface area contributed by atoms with Gasteiger partial charge in [-0.25, -0.2) is 4.98 Å². The number of aliphatic hydroxyl groups is 1. The first-order chi connectivity index (χ1) is 7.72. The van der Waals surface area contributed by atoms with Crippen LogP contribution >= 0.6 is 11.3 Å². The lowest BCUT2D eigenvalue weighted by Crippen LogP contribution is -2.48. The van der Waals surface area contributed by atoms with E-state index < -0.39 is 6.23 Å². The van der Waals surface area contributed by atoms with Gasteiger partial charge in [-0.1, -0.05) is 6.92 Å². The third-order valence-corrected chi connectivity index (χ3v) is 3.82. The fourth-order valence-electron chi connectivity index (χ4n) is 2.24. The van der Waals surface area contributed by atoms with E-state index in [1.54, 1.807) is 11.3 Å². The molecule has 1 aliphatic rings. The Morgan fingerprint density at radius 3 is 3.00 bits per heavy atom. The lowest BCUT2D eigenvalue weighted by Gasteiger charge is -2.31. The fourth-order valence-corrected chi connectivity index (χ4v) is 2.78. The summed E-state index contributed by atoms with van der Waals surface area (Å²) in [6.45, 7) is 3.10. The lowest BCUT2D eigenvalue weighted by atomic mass is 10.0. The average Bonchev–Trinajstić information content (AvgIpc) is 2.75. The Morgan fingerprint density at radius 2 is 2.38 bits per heavy atom. The van der Waals surface area contributed by atoms with Crippen LogP contribution in [0.2, 0.25) is 0 Å². The van der Waals surface area contributed by atoms with Crippen LogP contribution in [0, 0.1) is 5.92 Å². The maximum Gasteiger partial charge on any atom is 0.143 e. The van der Waals surface area contributed by atoms with E-state index in [0.29, 0.717) is 5.92 Å². The minimum Gasteiger partial charge on any atom is -0.372 e. The SMILES string of the molecule is CNC1CCC(C)CN(c2cscn2)C1O. The normalized spacial score (nSPS) is 31.4. The summed E-state index contributed by atoms with van der Waals surface area (Å²) >= 11 is 1.57. The Hall–Kier alpha value is -0.650. The number of nitrogens with one attached hydrogen (secondary N) is 1. The van der Waals surface area contributed by atoms with Crippen molar-refractivity contribution in [2.75, 3.05) is 18.5 Å². The molecule has 3 atom stereocenters. The Morgan fingerprint density at radius 1 is 1.56 bits per heavy atom. The molecule has 1 aromatic heterocycles. The van der Waals surface area contributed by atoms with Crippen LogP contribution in [0.5, 0.6) is 0 Å². The number of anilines is 1. The maximum atomic E-state index is 10.3. The van der Waals surface area contributed by atoms with Crippen LogP contribution in [0.15, 0.2) is 10.9 Å². The number of likely N-dealkylation sites (N-methyl/N-ethyl adjacent to an activating group) is 1. The topological polar surface area (TPSA) is 48.4 Å². The molecule has 0 bridgehead atoms. The van der Waals surface area contributed by atoms with E-state index in [0.717, 1.165) is 25.2 Å². The first-order valence-corrected chi connectivity index (χ1v) is 6.67. The first-order valence-electron chi connectivity index (χ1n) is 5.72. The monoisotopic (exact) mass is 241 g/mol. The Bertz CT molecular complexity index is 317. The quantitative estimate of drug-likeness (QED) is 0.819. The van der Waals surface area contributed by atoms with Crippen LogP contribution in [-0.4, -0.2) is 36.0 Å². The van der Waals surface area contributed by atoms with Crippen LogP contribution in [0.25, 0.3) is 0 Å². The zero-order valence-electron chi connectivity index (χ0n) is 9.76. The predicted octanol–water partition coefficient (Wildman–Crippen LogP) is 1.29. The molecule has 0 aliphatic carbocycles. The molecule has 3 unspecified atom stereocenters. The molecule has 2 N–H and O–H groups in total. The standard InChI is InChI=1S/C11H19N3OS/c1-8-3-4-9(12-2)11(15)14(5-8)10-6-16-7-13-10/h6-9,11-12,15H,3-5H2,1-2H3. The van der Waals surface area contributed by atoms with E-state index in [1.165, 1.54) is 0 Å². The second kappa shape index (κ2) is 5.12. The van der Waals surface area contributed by atoms with Gasteiger partial charge in [-0.05, 0) is 25.8 Å². The number of rotatable bonds is 2. The molecule has 90 valence electrons. The molecular formula is C11H19N3OS. The summed E-state index contributed by atoms with van der Waals surface area (Å²) in [5.74, 6) is 1.49. The summed E-state index contributed by atoms with van der Waals surface area (Å²) in [7, 11) is 1.91. The van der Waals surface area contributed by atoms with Crippen molar-refractivity contribution in [1.82, 2.24) is 10.3 Å². The molecular weight excluding hydrogens is 222 g/mol. The van der Waals surface area contributed by atoms with Crippen molar-refractivity contribution in [1.29, 1.82) is 0 Å². The molecule has 0 aromatic carbocycles. The third-order valence-electron chi connectivity index (χ3n) is 3.24. The van der Waals surface area contributed by atoms with Crippen molar-refractivity contribution in [3.05, 3.63) is 10.9 Å². The molecule has 4 nitrogen and oxygen atoms in total. The summed E-state index contributed by atoms with van der Waals surface area (Å²) in [4.78, 5) is 6.30. The highest BCUT2D eigenvalue weighted by atomic mass is 32.1. The van der Waals surface area contributed by atoms with E-state index in [9.17, 15) is 5.11 Å². The van der Waals surface area contributed by atoms with Gasteiger partial charge in [0.05, 0.1) is 11.6 Å². The highest BCUT2D eigenvalue weighted by molar-refractivity contribution is 7.07. The summed E-state index contributed by atoms with van der Waals surface area (Å²) < 4.78 is 0. The van der Waals surface area contributed by atoms with Crippen molar-refractivity contribution in [2.45, 2.75) is 32.0 Å². The van der Waals surface area contributed by atoms with Crippen LogP contribution in [-0.2, 0) is 0 Å². The molecule has 2 heterocycles. The molecule has 2 rings (SSSR count). The largest absolute Gasteiger partial charge is 0.372 e. The van der Waals surface area contributed by atoms with Crippen LogP contribution in [0.3, 0.4) is 0 Å². The lowest BCUT2D eigenvalue weighted by molar-refractivity contribution is 0.128. The minimum absolute atomic E-state index is 0.131. The van der Waals surface area contributed by atoms with Gasteiger partial charge in [-0.2, -0.15) is 0 Å². The van der Waals surface area contributed by atoms with Gasteiger partial charge in [0.15, 0.2) is 0 Å².